The van der Waals surface area contributed by atoms with Gasteiger partial charge in [-0.15, -0.1) is 0 Å². The lowest BCUT2D eigenvalue weighted by Gasteiger charge is -2.38. The van der Waals surface area contributed by atoms with Gasteiger partial charge in [-0.1, -0.05) is 19.3 Å². The first kappa shape index (κ1) is 9.71. The van der Waals surface area contributed by atoms with Gasteiger partial charge in [0.1, 0.15) is 0 Å². The standard InChI is InChI=1S/C11H18N2O/c1-13-10(14)9(8-12)7-11(13)5-3-2-4-6-11/h7H,2-6,8,12H2,1H3. The van der Waals surface area contributed by atoms with Crippen molar-refractivity contribution in [2.75, 3.05) is 13.6 Å². The quantitative estimate of drug-likeness (QED) is 0.678. The Kier molecular flexibility index (Phi) is 2.35. The van der Waals surface area contributed by atoms with E-state index in [4.69, 9.17) is 5.73 Å². The van der Waals surface area contributed by atoms with Crippen LogP contribution >= 0.6 is 0 Å². The molecule has 78 valence electrons. The monoisotopic (exact) mass is 194 g/mol. The molecule has 0 saturated heterocycles. The number of hydrogen-bond acceptors (Lipinski definition) is 2. The van der Waals surface area contributed by atoms with Crippen LogP contribution in [-0.2, 0) is 4.79 Å². The first-order valence-corrected chi connectivity index (χ1v) is 5.39. The number of hydrogen-bond donors (Lipinski definition) is 1. The number of likely N-dealkylation sites (N-methyl/N-ethyl adjacent to an activating group) is 1. The highest BCUT2D eigenvalue weighted by molar-refractivity contribution is 5.97. The van der Waals surface area contributed by atoms with E-state index in [-0.39, 0.29) is 11.4 Å². The van der Waals surface area contributed by atoms with Crippen LogP contribution in [0, 0.1) is 0 Å². The number of carbonyl (C=O) groups is 1. The molecule has 0 aromatic rings. The molecule has 0 bridgehead atoms. The van der Waals surface area contributed by atoms with Crippen LogP contribution in [0.4, 0.5) is 0 Å². The van der Waals surface area contributed by atoms with Gasteiger partial charge in [-0.05, 0) is 18.9 Å². The van der Waals surface area contributed by atoms with E-state index in [0.717, 1.165) is 18.4 Å². The Morgan fingerprint density at radius 2 is 2.07 bits per heavy atom. The molecule has 3 heteroatoms. The molecule has 1 amide bonds. The van der Waals surface area contributed by atoms with Crippen LogP contribution in [0.1, 0.15) is 32.1 Å². The summed E-state index contributed by atoms with van der Waals surface area (Å²) in [6, 6.07) is 0. The zero-order valence-corrected chi connectivity index (χ0v) is 8.75. The molecule has 0 unspecified atom stereocenters. The van der Waals surface area contributed by atoms with E-state index >= 15 is 0 Å². The van der Waals surface area contributed by atoms with Crippen LogP contribution in [0.3, 0.4) is 0 Å². The van der Waals surface area contributed by atoms with Gasteiger partial charge < -0.3 is 10.6 Å². The molecular weight excluding hydrogens is 176 g/mol. The normalized spacial score (nSPS) is 25.7. The largest absolute Gasteiger partial charge is 0.333 e. The van der Waals surface area contributed by atoms with Gasteiger partial charge in [-0.2, -0.15) is 0 Å². The van der Waals surface area contributed by atoms with Gasteiger partial charge in [-0.25, -0.2) is 0 Å². The van der Waals surface area contributed by atoms with Crippen molar-refractivity contribution in [3.8, 4) is 0 Å². The highest BCUT2D eigenvalue weighted by atomic mass is 16.2. The van der Waals surface area contributed by atoms with Crippen molar-refractivity contribution < 1.29 is 4.79 Å². The summed E-state index contributed by atoms with van der Waals surface area (Å²) >= 11 is 0. The lowest BCUT2D eigenvalue weighted by atomic mass is 9.81. The maximum Gasteiger partial charge on any atom is 0.251 e. The maximum atomic E-state index is 11.8. The second-order valence-corrected chi connectivity index (χ2v) is 4.40. The minimum absolute atomic E-state index is 0.0179. The van der Waals surface area contributed by atoms with E-state index in [1.54, 1.807) is 0 Å². The summed E-state index contributed by atoms with van der Waals surface area (Å²) in [6.07, 6.45) is 8.10. The van der Waals surface area contributed by atoms with Crippen molar-refractivity contribution in [1.29, 1.82) is 0 Å². The molecular formula is C11H18N2O. The zero-order valence-electron chi connectivity index (χ0n) is 8.75. The van der Waals surface area contributed by atoms with Gasteiger partial charge in [-0.3, -0.25) is 4.79 Å². The summed E-state index contributed by atoms with van der Waals surface area (Å²) in [4.78, 5) is 13.7. The summed E-state index contributed by atoms with van der Waals surface area (Å²) < 4.78 is 0. The molecule has 0 radical (unpaired) electrons. The summed E-state index contributed by atoms with van der Waals surface area (Å²) in [5.74, 6) is 0.134. The average Bonchev–Trinajstić information content (AvgIpc) is 2.45. The Morgan fingerprint density at radius 1 is 1.43 bits per heavy atom. The molecule has 3 nitrogen and oxygen atoms in total. The highest BCUT2D eigenvalue weighted by Gasteiger charge is 2.42. The molecule has 0 atom stereocenters. The smallest absolute Gasteiger partial charge is 0.251 e. The van der Waals surface area contributed by atoms with Gasteiger partial charge in [0, 0.05) is 19.2 Å². The van der Waals surface area contributed by atoms with Crippen molar-refractivity contribution in [1.82, 2.24) is 4.90 Å². The van der Waals surface area contributed by atoms with Crippen LogP contribution in [0.5, 0.6) is 0 Å². The molecule has 1 heterocycles. The summed E-state index contributed by atoms with van der Waals surface area (Å²) in [5.41, 5.74) is 6.38. The van der Waals surface area contributed by atoms with Gasteiger partial charge in [0.15, 0.2) is 0 Å². The lowest BCUT2D eigenvalue weighted by Crippen LogP contribution is -2.45. The van der Waals surface area contributed by atoms with Gasteiger partial charge in [0.25, 0.3) is 5.91 Å². The Hall–Kier alpha value is -0.830. The number of rotatable bonds is 1. The molecule has 1 aliphatic carbocycles. The van der Waals surface area contributed by atoms with Crippen LogP contribution in [0.25, 0.3) is 0 Å². The first-order valence-electron chi connectivity index (χ1n) is 5.39. The zero-order chi connectivity index (χ0) is 10.2. The van der Waals surface area contributed by atoms with Gasteiger partial charge in [0.2, 0.25) is 0 Å². The fourth-order valence-electron chi connectivity index (χ4n) is 2.69. The predicted octanol–water partition coefficient (Wildman–Crippen LogP) is 1.05. The molecule has 14 heavy (non-hydrogen) atoms. The molecule has 2 N–H and O–H groups in total. The molecule has 1 aliphatic heterocycles. The Balaban J connectivity index is 2.27. The van der Waals surface area contributed by atoms with Crippen LogP contribution in [0.2, 0.25) is 0 Å². The van der Waals surface area contributed by atoms with Crippen molar-refractivity contribution in [2.24, 2.45) is 5.73 Å². The van der Waals surface area contributed by atoms with Crippen molar-refractivity contribution in [3.05, 3.63) is 11.6 Å². The van der Waals surface area contributed by atoms with Crippen LogP contribution in [-0.4, -0.2) is 29.9 Å². The fourth-order valence-corrected chi connectivity index (χ4v) is 2.69. The van der Waals surface area contributed by atoms with E-state index in [0.29, 0.717) is 6.54 Å². The molecule has 1 spiro atoms. The minimum atomic E-state index is 0.0179. The third-order valence-electron chi connectivity index (χ3n) is 3.63. The fraction of sp³-hybridized carbons (Fsp3) is 0.727. The third-order valence-corrected chi connectivity index (χ3v) is 3.63. The lowest BCUT2D eigenvalue weighted by molar-refractivity contribution is -0.128. The molecule has 2 aliphatic rings. The molecule has 0 aromatic heterocycles. The topological polar surface area (TPSA) is 46.3 Å². The average molecular weight is 194 g/mol. The molecule has 0 aromatic carbocycles. The van der Waals surface area contributed by atoms with Gasteiger partial charge >= 0.3 is 0 Å². The van der Waals surface area contributed by atoms with Gasteiger partial charge in [0.05, 0.1) is 5.54 Å². The highest BCUT2D eigenvalue weighted by Crippen LogP contribution is 2.39. The third kappa shape index (κ3) is 1.27. The molecule has 1 fully saturated rings. The van der Waals surface area contributed by atoms with Crippen molar-refractivity contribution in [3.63, 3.8) is 0 Å². The minimum Gasteiger partial charge on any atom is -0.333 e. The Bertz CT molecular complexity index is 277. The maximum absolute atomic E-state index is 11.8. The van der Waals surface area contributed by atoms with E-state index in [1.807, 2.05) is 11.9 Å². The second-order valence-electron chi connectivity index (χ2n) is 4.40. The van der Waals surface area contributed by atoms with E-state index in [1.165, 1.54) is 19.3 Å². The van der Waals surface area contributed by atoms with E-state index in [2.05, 4.69) is 6.08 Å². The Morgan fingerprint density at radius 3 is 2.57 bits per heavy atom. The van der Waals surface area contributed by atoms with Crippen molar-refractivity contribution in [2.45, 2.75) is 37.6 Å². The molecule has 2 rings (SSSR count). The van der Waals surface area contributed by atoms with E-state index < -0.39 is 0 Å². The molecule has 1 saturated carbocycles. The first-order chi connectivity index (χ1) is 6.69. The Labute approximate surface area is 84.9 Å². The summed E-state index contributed by atoms with van der Waals surface area (Å²) in [6.45, 7) is 0.380. The van der Waals surface area contributed by atoms with Crippen molar-refractivity contribution >= 4 is 5.91 Å². The second kappa shape index (κ2) is 3.39. The van der Waals surface area contributed by atoms with E-state index in [9.17, 15) is 4.79 Å². The number of nitrogens with two attached hydrogens (primary N) is 1. The predicted molar refractivity (Wildman–Crippen MR) is 55.7 cm³/mol. The summed E-state index contributed by atoms with van der Waals surface area (Å²) in [7, 11) is 1.91. The summed E-state index contributed by atoms with van der Waals surface area (Å²) in [5, 5.41) is 0. The SMILES string of the molecule is CN1C(=O)C(CN)=CC12CCCCC2. The number of nitrogens with zero attached hydrogens (tertiary/aromatic N) is 1. The van der Waals surface area contributed by atoms with Crippen LogP contribution in [0.15, 0.2) is 11.6 Å². The van der Waals surface area contributed by atoms with Crippen LogP contribution < -0.4 is 5.73 Å². The number of carbonyl (C=O) groups excluding carboxylic acids is 1. The number of amides is 1.